The molecule has 0 amide bonds. The number of thiophene rings is 1. The van der Waals surface area contributed by atoms with E-state index in [0.717, 1.165) is 29.0 Å². The predicted octanol–water partition coefficient (Wildman–Crippen LogP) is 2.93. The SMILES string of the molecule is CNCCc1ccc(S(=O)(=O)Nc2ccc(C)cc2C)s1. The molecule has 21 heavy (non-hydrogen) atoms. The van der Waals surface area contributed by atoms with Gasteiger partial charge in [-0.2, -0.15) is 0 Å². The maximum atomic E-state index is 12.4. The fourth-order valence-corrected chi connectivity index (χ4v) is 4.49. The smallest absolute Gasteiger partial charge is 0.271 e. The Kier molecular flexibility index (Phi) is 5.03. The van der Waals surface area contributed by atoms with E-state index in [1.54, 1.807) is 12.1 Å². The van der Waals surface area contributed by atoms with Crippen LogP contribution in [0.1, 0.15) is 16.0 Å². The zero-order chi connectivity index (χ0) is 15.5. The Morgan fingerprint density at radius 3 is 2.57 bits per heavy atom. The quantitative estimate of drug-likeness (QED) is 0.859. The number of likely N-dealkylation sites (N-methyl/N-ethyl adjacent to an activating group) is 1. The molecular weight excluding hydrogens is 304 g/mol. The molecule has 0 spiro atoms. The summed E-state index contributed by atoms with van der Waals surface area (Å²) >= 11 is 1.32. The minimum Gasteiger partial charge on any atom is -0.319 e. The molecule has 114 valence electrons. The number of hydrogen-bond acceptors (Lipinski definition) is 4. The first-order chi connectivity index (χ1) is 9.92. The van der Waals surface area contributed by atoms with E-state index >= 15 is 0 Å². The maximum absolute atomic E-state index is 12.4. The molecule has 1 heterocycles. The number of hydrogen-bond donors (Lipinski definition) is 2. The number of anilines is 1. The summed E-state index contributed by atoms with van der Waals surface area (Å²) < 4.78 is 27.8. The van der Waals surface area contributed by atoms with E-state index < -0.39 is 10.0 Å². The van der Waals surface area contributed by atoms with Crippen LogP contribution in [0.2, 0.25) is 0 Å². The van der Waals surface area contributed by atoms with E-state index in [1.165, 1.54) is 11.3 Å². The van der Waals surface area contributed by atoms with Crippen molar-refractivity contribution in [2.45, 2.75) is 24.5 Å². The highest BCUT2D eigenvalue weighted by molar-refractivity contribution is 7.94. The largest absolute Gasteiger partial charge is 0.319 e. The molecule has 2 N–H and O–H groups in total. The van der Waals surface area contributed by atoms with Gasteiger partial charge in [-0.15, -0.1) is 11.3 Å². The lowest BCUT2D eigenvalue weighted by molar-refractivity contribution is 0.603. The maximum Gasteiger partial charge on any atom is 0.271 e. The number of aryl methyl sites for hydroxylation is 2. The van der Waals surface area contributed by atoms with E-state index in [9.17, 15) is 8.42 Å². The molecule has 0 radical (unpaired) electrons. The van der Waals surface area contributed by atoms with E-state index in [4.69, 9.17) is 0 Å². The highest BCUT2D eigenvalue weighted by atomic mass is 32.2. The van der Waals surface area contributed by atoms with Gasteiger partial charge < -0.3 is 5.32 Å². The molecule has 0 unspecified atom stereocenters. The molecule has 1 aromatic heterocycles. The second-order valence-corrected chi connectivity index (χ2v) is 8.08. The van der Waals surface area contributed by atoms with Gasteiger partial charge in [0.15, 0.2) is 0 Å². The van der Waals surface area contributed by atoms with Crippen molar-refractivity contribution in [3.63, 3.8) is 0 Å². The number of rotatable bonds is 6. The molecule has 1 aromatic carbocycles. The van der Waals surface area contributed by atoms with Crippen molar-refractivity contribution >= 4 is 27.0 Å². The van der Waals surface area contributed by atoms with Crippen LogP contribution in [0.4, 0.5) is 5.69 Å². The van der Waals surface area contributed by atoms with Gasteiger partial charge in [0.1, 0.15) is 4.21 Å². The van der Waals surface area contributed by atoms with Gasteiger partial charge >= 0.3 is 0 Å². The van der Waals surface area contributed by atoms with Crippen LogP contribution in [0.5, 0.6) is 0 Å². The van der Waals surface area contributed by atoms with Crippen LogP contribution in [-0.4, -0.2) is 22.0 Å². The minimum absolute atomic E-state index is 0.355. The first kappa shape index (κ1) is 16.0. The lowest BCUT2D eigenvalue weighted by atomic mass is 10.1. The standard InChI is InChI=1S/C15H20N2O2S2/c1-11-4-6-14(12(2)10-11)17-21(18,19)15-7-5-13(20-15)8-9-16-3/h4-7,10,16-17H,8-9H2,1-3H3. The molecule has 4 nitrogen and oxygen atoms in total. The van der Waals surface area contributed by atoms with Crippen molar-refractivity contribution in [1.29, 1.82) is 0 Å². The normalized spacial score (nSPS) is 11.6. The van der Waals surface area contributed by atoms with Gasteiger partial charge in [-0.05, 0) is 57.6 Å². The van der Waals surface area contributed by atoms with Gasteiger partial charge in [-0.1, -0.05) is 17.7 Å². The first-order valence-electron chi connectivity index (χ1n) is 6.76. The van der Waals surface area contributed by atoms with E-state index in [0.29, 0.717) is 9.90 Å². The topological polar surface area (TPSA) is 58.2 Å². The van der Waals surface area contributed by atoms with Gasteiger partial charge in [0.2, 0.25) is 0 Å². The number of benzene rings is 1. The fraction of sp³-hybridized carbons (Fsp3) is 0.333. The molecule has 0 saturated carbocycles. The van der Waals surface area contributed by atoms with Crippen LogP contribution in [0.25, 0.3) is 0 Å². The average molecular weight is 324 g/mol. The first-order valence-corrected chi connectivity index (χ1v) is 9.06. The van der Waals surface area contributed by atoms with E-state index in [1.807, 2.05) is 39.1 Å². The molecule has 0 aliphatic heterocycles. The second-order valence-electron chi connectivity index (χ2n) is 5.00. The third-order valence-electron chi connectivity index (χ3n) is 3.15. The van der Waals surface area contributed by atoms with Crippen LogP contribution >= 0.6 is 11.3 Å². The predicted molar refractivity (Wildman–Crippen MR) is 88.7 cm³/mol. The molecular formula is C15H20N2O2S2. The third-order valence-corrected chi connectivity index (χ3v) is 6.15. The Morgan fingerprint density at radius 2 is 1.90 bits per heavy atom. The Hall–Kier alpha value is -1.37. The Balaban J connectivity index is 2.19. The zero-order valence-electron chi connectivity index (χ0n) is 12.4. The van der Waals surface area contributed by atoms with Crippen molar-refractivity contribution < 1.29 is 8.42 Å². The van der Waals surface area contributed by atoms with Gasteiger partial charge in [0.05, 0.1) is 5.69 Å². The third kappa shape index (κ3) is 4.06. The zero-order valence-corrected chi connectivity index (χ0v) is 14.1. The summed E-state index contributed by atoms with van der Waals surface area (Å²) in [7, 11) is -1.62. The summed E-state index contributed by atoms with van der Waals surface area (Å²) in [5.41, 5.74) is 2.66. The molecule has 6 heteroatoms. The summed E-state index contributed by atoms with van der Waals surface area (Å²) in [6, 6.07) is 9.21. The molecule has 0 aliphatic carbocycles. The van der Waals surface area contributed by atoms with Crippen LogP contribution in [0, 0.1) is 13.8 Å². The van der Waals surface area contributed by atoms with E-state index in [2.05, 4.69) is 10.0 Å². The van der Waals surface area contributed by atoms with Crippen LogP contribution < -0.4 is 10.0 Å². The van der Waals surface area contributed by atoms with Crippen molar-refractivity contribution in [3.05, 3.63) is 46.3 Å². The fourth-order valence-electron chi connectivity index (χ4n) is 2.01. The lowest BCUT2D eigenvalue weighted by Crippen LogP contribution is -2.12. The summed E-state index contributed by atoms with van der Waals surface area (Å²) in [6.45, 7) is 4.72. The highest BCUT2D eigenvalue weighted by Gasteiger charge is 2.17. The molecule has 0 saturated heterocycles. The van der Waals surface area contributed by atoms with E-state index in [-0.39, 0.29) is 0 Å². The van der Waals surface area contributed by atoms with Crippen LogP contribution in [-0.2, 0) is 16.4 Å². The van der Waals surface area contributed by atoms with Crippen molar-refractivity contribution in [1.82, 2.24) is 5.32 Å². The summed E-state index contributed by atoms with van der Waals surface area (Å²) in [5.74, 6) is 0. The summed E-state index contributed by atoms with van der Waals surface area (Å²) in [4.78, 5) is 1.06. The van der Waals surface area contributed by atoms with Gasteiger partial charge in [-0.3, -0.25) is 4.72 Å². The number of nitrogens with one attached hydrogen (secondary N) is 2. The number of sulfonamides is 1. The second kappa shape index (κ2) is 6.60. The molecule has 0 aliphatic rings. The molecule has 0 fully saturated rings. The lowest BCUT2D eigenvalue weighted by Gasteiger charge is -2.09. The van der Waals surface area contributed by atoms with Crippen LogP contribution in [0.15, 0.2) is 34.5 Å². The Labute approximate surface area is 130 Å². The van der Waals surface area contributed by atoms with Crippen LogP contribution in [0.3, 0.4) is 0 Å². The minimum atomic E-state index is -3.50. The van der Waals surface area contributed by atoms with Gasteiger partial charge in [0, 0.05) is 4.88 Å². The van der Waals surface area contributed by atoms with Gasteiger partial charge in [0.25, 0.3) is 10.0 Å². The Morgan fingerprint density at radius 1 is 1.14 bits per heavy atom. The van der Waals surface area contributed by atoms with Crippen molar-refractivity contribution in [2.24, 2.45) is 0 Å². The average Bonchev–Trinajstić information content (AvgIpc) is 2.89. The Bertz CT molecular complexity index is 721. The van der Waals surface area contributed by atoms with Crippen molar-refractivity contribution in [3.8, 4) is 0 Å². The molecule has 0 atom stereocenters. The molecule has 0 bridgehead atoms. The summed E-state index contributed by atoms with van der Waals surface area (Å²) in [5, 5.41) is 3.06. The summed E-state index contributed by atoms with van der Waals surface area (Å²) in [6.07, 6.45) is 0.834. The monoisotopic (exact) mass is 324 g/mol. The van der Waals surface area contributed by atoms with Crippen molar-refractivity contribution in [2.75, 3.05) is 18.3 Å². The molecule has 2 aromatic rings. The van der Waals surface area contributed by atoms with Gasteiger partial charge in [-0.25, -0.2) is 8.42 Å². The highest BCUT2D eigenvalue weighted by Crippen LogP contribution is 2.26. The molecule has 2 rings (SSSR count).